The molecule has 0 aliphatic heterocycles. The van der Waals surface area contributed by atoms with Crippen molar-refractivity contribution in [2.75, 3.05) is 19.8 Å². The Labute approximate surface area is 97.9 Å². The average molecular weight is 228 g/mol. The third kappa shape index (κ3) is 3.76. The summed E-state index contributed by atoms with van der Waals surface area (Å²) in [5.41, 5.74) is 5.79. The molecule has 1 fully saturated rings. The van der Waals surface area contributed by atoms with Crippen LogP contribution in [0.25, 0.3) is 0 Å². The summed E-state index contributed by atoms with van der Waals surface area (Å²) in [6.45, 7) is 6.03. The van der Waals surface area contributed by atoms with E-state index in [0.29, 0.717) is 0 Å². The molecule has 4 nitrogen and oxygen atoms in total. The Morgan fingerprint density at radius 2 is 2.25 bits per heavy atom. The number of rotatable bonds is 7. The molecule has 0 saturated heterocycles. The maximum atomic E-state index is 11.4. The van der Waals surface area contributed by atoms with E-state index >= 15 is 0 Å². The number of nitrogens with two attached hydrogens (primary N) is 1. The quantitative estimate of drug-likeness (QED) is 0.640. The molecule has 1 aliphatic carbocycles. The first kappa shape index (κ1) is 13.5. The van der Waals surface area contributed by atoms with Gasteiger partial charge in [-0.05, 0) is 38.5 Å². The summed E-state index contributed by atoms with van der Waals surface area (Å²) in [6.07, 6.45) is 4.69. The molecule has 0 aromatic heterocycles. The van der Waals surface area contributed by atoms with Gasteiger partial charge in [0.05, 0.1) is 6.04 Å². The van der Waals surface area contributed by atoms with Gasteiger partial charge >= 0.3 is 0 Å². The summed E-state index contributed by atoms with van der Waals surface area (Å²) in [6, 6.07) is -0.413. The number of nitrogens with one attached hydrogen (secondary N) is 1. The van der Waals surface area contributed by atoms with E-state index in [2.05, 4.69) is 5.32 Å². The van der Waals surface area contributed by atoms with E-state index in [1.165, 1.54) is 19.3 Å². The molecule has 94 valence electrons. The lowest BCUT2D eigenvalue weighted by molar-refractivity contribution is -0.123. The zero-order valence-corrected chi connectivity index (χ0v) is 10.4. The normalized spacial score (nSPS) is 19.9. The Morgan fingerprint density at radius 1 is 1.56 bits per heavy atom. The van der Waals surface area contributed by atoms with Gasteiger partial charge in [0.2, 0.25) is 5.91 Å². The summed E-state index contributed by atoms with van der Waals surface area (Å²) in [5, 5.41) is 2.93. The monoisotopic (exact) mass is 228 g/mol. The summed E-state index contributed by atoms with van der Waals surface area (Å²) in [4.78, 5) is 11.4. The van der Waals surface area contributed by atoms with Gasteiger partial charge in [0.1, 0.15) is 0 Å². The van der Waals surface area contributed by atoms with Gasteiger partial charge in [-0.3, -0.25) is 4.79 Å². The molecule has 3 N–H and O–H groups in total. The van der Waals surface area contributed by atoms with Crippen molar-refractivity contribution in [2.45, 2.75) is 45.6 Å². The highest BCUT2D eigenvalue weighted by atomic mass is 16.5. The second-order valence-electron chi connectivity index (χ2n) is 4.81. The lowest BCUT2D eigenvalue weighted by Crippen LogP contribution is -2.47. The SMILES string of the molecule is CCOCCC1(CNC(=O)[C@@H](C)N)CCC1. The zero-order valence-electron chi connectivity index (χ0n) is 10.4. The number of hydrogen-bond acceptors (Lipinski definition) is 3. The van der Waals surface area contributed by atoms with Crippen LogP contribution < -0.4 is 11.1 Å². The number of carbonyl (C=O) groups excluding carboxylic acids is 1. The first-order valence-electron chi connectivity index (χ1n) is 6.21. The lowest BCUT2D eigenvalue weighted by atomic mass is 9.66. The van der Waals surface area contributed by atoms with Gasteiger partial charge in [-0.15, -0.1) is 0 Å². The highest BCUT2D eigenvalue weighted by Gasteiger charge is 2.36. The van der Waals surface area contributed by atoms with Crippen LogP contribution in [-0.2, 0) is 9.53 Å². The molecule has 0 aromatic carbocycles. The van der Waals surface area contributed by atoms with Crippen LogP contribution in [0.3, 0.4) is 0 Å². The highest BCUT2D eigenvalue weighted by molar-refractivity contribution is 5.80. The minimum atomic E-state index is -0.413. The van der Waals surface area contributed by atoms with E-state index in [4.69, 9.17) is 10.5 Å². The van der Waals surface area contributed by atoms with Crippen LogP contribution in [0.1, 0.15) is 39.5 Å². The molecule has 1 atom stereocenters. The van der Waals surface area contributed by atoms with Crippen molar-refractivity contribution in [3.05, 3.63) is 0 Å². The molecule has 0 radical (unpaired) electrons. The molecule has 1 saturated carbocycles. The standard InChI is InChI=1S/C12H24N2O2/c1-3-16-8-7-12(5-4-6-12)9-14-11(15)10(2)13/h10H,3-9,13H2,1-2H3,(H,14,15)/t10-/m1/s1. The molecule has 0 bridgehead atoms. The fraction of sp³-hybridized carbons (Fsp3) is 0.917. The molecule has 1 aliphatic rings. The molecular weight excluding hydrogens is 204 g/mol. The lowest BCUT2D eigenvalue weighted by Gasteiger charge is -2.42. The number of hydrogen-bond donors (Lipinski definition) is 2. The third-order valence-corrected chi connectivity index (χ3v) is 3.45. The minimum absolute atomic E-state index is 0.0531. The van der Waals surface area contributed by atoms with Gasteiger partial charge in [-0.25, -0.2) is 0 Å². The summed E-state index contributed by atoms with van der Waals surface area (Å²) >= 11 is 0. The molecule has 4 heteroatoms. The number of amides is 1. The molecule has 16 heavy (non-hydrogen) atoms. The van der Waals surface area contributed by atoms with Crippen LogP contribution >= 0.6 is 0 Å². The topological polar surface area (TPSA) is 64.3 Å². The fourth-order valence-corrected chi connectivity index (χ4v) is 2.06. The van der Waals surface area contributed by atoms with Crippen molar-refractivity contribution in [2.24, 2.45) is 11.1 Å². The minimum Gasteiger partial charge on any atom is -0.382 e. The second kappa shape index (κ2) is 6.21. The van der Waals surface area contributed by atoms with E-state index in [9.17, 15) is 4.79 Å². The van der Waals surface area contributed by atoms with Gasteiger partial charge in [-0.2, -0.15) is 0 Å². The van der Waals surface area contributed by atoms with Crippen LogP contribution in [0.5, 0.6) is 0 Å². The summed E-state index contributed by atoms with van der Waals surface area (Å²) < 4.78 is 5.38. The van der Waals surface area contributed by atoms with Crippen molar-refractivity contribution < 1.29 is 9.53 Å². The highest BCUT2D eigenvalue weighted by Crippen LogP contribution is 2.43. The smallest absolute Gasteiger partial charge is 0.236 e. The number of ether oxygens (including phenoxy) is 1. The molecule has 1 amide bonds. The first-order valence-corrected chi connectivity index (χ1v) is 6.21. The number of carbonyl (C=O) groups is 1. The Bertz CT molecular complexity index is 225. The predicted octanol–water partition coefficient (Wildman–Crippen LogP) is 1.05. The van der Waals surface area contributed by atoms with E-state index in [0.717, 1.165) is 26.2 Å². The van der Waals surface area contributed by atoms with E-state index in [1.807, 2.05) is 6.92 Å². The Kier molecular flexibility index (Phi) is 5.22. The Hall–Kier alpha value is -0.610. The maximum absolute atomic E-state index is 11.4. The average Bonchev–Trinajstić information content (AvgIpc) is 2.20. The summed E-state index contributed by atoms with van der Waals surface area (Å²) in [5.74, 6) is -0.0531. The van der Waals surface area contributed by atoms with Gasteiger partial charge in [0.15, 0.2) is 0 Å². The molecule has 0 aromatic rings. The van der Waals surface area contributed by atoms with Gasteiger partial charge in [0, 0.05) is 19.8 Å². The van der Waals surface area contributed by atoms with Crippen LogP contribution in [-0.4, -0.2) is 31.7 Å². The van der Waals surface area contributed by atoms with Crippen molar-refractivity contribution in [3.63, 3.8) is 0 Å². The van der Waals surface area contributed by atoms with Gasteiger partial charge < -0.3 is 15.8 Å². The van der Waals surface area contributed by atoms with Crippen molar-refractivity contribution in [3.8, 4) is 0 Å². The molecular formula is C12H24N2O2. The Morgan fingerprint density at radius 3 is 2.69 bits per heavy atom. The van der Waals surface area contributed by atoms with Gasteiger partial charge in [0.25, 0.3) is 0 Å². The largest absolute Gasteiger partial charge is 0.382 e. The molecule has 0 spiro atoms. The van der Waals surface area contributed by atoms with Gasteiger partial charge in [-0.1, -0.05) is 6.42 Å². The van der Waals surface area contributed by atoms with E-state index < -0.39 is 6.04 Å². The van der Waals surface area contributed by atoms with Crippen molar-refractivity contribution in [1.82, 2.24) is 5.32 Å². The van der Waals surface area contributed by atoms with Crippen LogP contribution in [0.2, 0.25) is 0 Å². The fourth-order valence-electron chi connectivity index (χ4n) is 2.06. The summed E-state index contributed by atoms with van der Waals surface area (Å²) in [7, 11) is 0. The van der Waals surface area contributed by atoms with Crippen LogP contribution in [0, 0.1) is 5.41 Å². The molecule has 1 rings (SSSR count). The Balaban J connectivity index is 2.27. The van der Waals surface area contributed by atoms with Crippen LogP contribution in [0.4, 0.5) is 0 Å². The maximum Gasteiger partial charge on any atom is 0.236 e. The second-order valence-corrected chi connectivity index (χ2v) is 4.81. The molecule has 0 heterocycles. The predicted molar refractivity (Wildman–Crippen MR) is 64.1 cm³/mol. The van der Waals surface area contributed by atoms with Crippen LogP contribution in [0.15, 0.2) is 0 Å². The van der Waals surface area contributed by atoms with Crippen molar-refractivity contribution >= 4 is 5.91 Å². The molecule has 0 unspecified atom stereocenters. The van der Waals surface area contributed by atoms with Crippen molar-refractivity contribution in [1.29, 1.82) is 0 Å². The zero-order chi connectivity index (χ0) is 12.0. The first-order chi connectivity index (χ1) is 7.59. The third-order valence-electron chi connectivity index (χ3n) is 3.45. The van der Waals surface area contributed by atoms with E-state index in [-0.39, 0.29) is 11.3 Å². The van der Waals surface area contributed by atoms with E-state index in [1.54, 1.807) is 6.92 Å².